The van der Waals surface area contributed by atoms with Crippen LogP contribution in [0.5, 0.6) is 0 Å². The van der Waals surface area contributed by atoms with Gasteiger partial charge in [-0.15, -0.1) is 0 Å². The van der Waals surface area contributed by atoms with Gasteiger partial charge in [0.2, 0.25) is 5.91 Å². The Hall–Kier alpha value is -2.17. The molecule has 1 saturated heterocycles. The average Bonchev–Trinajstić information content (AvgIpc) is 3.08. The molecule has 0 spiro atoms. The van der Waals surface area contributed by atoms with Gasteiger partial charge in [-0.25, -0.2) is 0 Å². The number of hydrogen-bond donors (Lipinski definition) is 1. The van der Waals surface area contributed by atoms with Gasteiger partial charge in [0.05, 0.1) is 12.6 Å². The van der Waals surface area contributed by atoms with E-state index in [1.54, 1.807) is 12.4 Å². The van der Waals surface area contributed by atoms with E-state index < -0.39 is 0 Å². The van der Waals surface area contributed by atoms with Crippen LogP contribution in [0.1, 0.15) is 29.2 Å². The smallest absolute Gasteiger partial charge is 0.227 e. The maximum atomic E-state index is 12.3. The molecule has 0 aromatic carbocycles. The first-order chi connectivity index (χ1) is 9.74. The molecular weight excluding hydrogens is 252 g/mol. The van der Waals surface area contributed by atoms with Crippen molar-refractivity contribution in [1.29, 1.82) is 0 Å². The van der Waals surface area contributed by atoms with Crippen LogP contribution in [0.15, 0.2) is 30.7 Å². The third-order valence-electron chi connectivity index (χ3n) is 3.90. The van der Waals surface area contributed by atoms with E-state index in [0.29, 0.717) is 12.3 Å². The number of aryl methyl sites for hydroxylation is 1. The van der Waals surface area contributed by atoms with Crippen LogP contribution in [-0.4, -0.2) is 39.1 Å². The molecule has 1 atom stereocenters. The number of rotatable bonds is 3. The Kier molecular flexibility index (Phi) is 3.50. The van der Waals surface area contributed by atoms with Crippen LogP contribution in [0, 0.1) is 6.92 Å². The molecule has 5 heteroatoms. The second-order valence-electron chi connectivity index (χ2n) is 5.33. The predicted octanol–water partition coefficient (Wildman–Crippen LogP) is 1.67. The van der Waals surface area contributed by atoms with Crippen molar-refractivity contribution in [3.05, 3.63) is 47.5 Å². The van der Waals surface area contributed by atoms with Crippen molar-refractivity contribution in [3.63, 3.8) is 0 Å². The van der Waals surface area contributed by atoms with Crippen molar-refractivity contribution in [3.8, 4) is 0 Å². The third kappa shape index (κ3) is 2.57. The summed E-state index contributed by atoms with van der Waals surface area (Å²) in [7, 11) is 0. The van der Waals surface area contributed by atoms with E-state index in [1.807, 2.05) is 23.2 Å². The van der Waals surface area contributed by atoms with Crippen LogP contribution >= 0.6 is 0 Å². The molecule has 0 radical (unpaired) electrons. The van der Waals surface area contributed by atoms with Crippen molar-refractivity contribution in [1.82, 2.24) is 20.1 Å². The highest BCUT2D eigenvalue weighted by Gasteiger charge is 2.28. The molecule has 1 fully saturated rings. The number of nitrogens with one attached hydrogen (secondary N) is 1. The third-order valence-corrected chi connectivity index (χ3v) is 3.90. The van der Waals surface area contributed by atoms with Crippen molar-refractivity contribution in [2.24, 2.45) is 0 Å². The van der Waals surface area contributed by atoms with E-state index in [4.69, 9.17) is 0 Å². The van der Waals surface area contributed by atoms with Crippen LogP contribution in [-0.2, 0) is 11.2 Å². The van der Waals surface area contributed by atoms with Crippen LogP contribution < -0.4 is 0 Å². The Morgan fingerprint density at radius 2 is 2.40 bits per heavy atom. The molecule has 1 aliphatic heterocycles. The topological polar surface area (TPSA) is 61.9 Å². The second-order valence-corrected chi connectivity index (χ2v) is 5.33. The molecule has 0 aliphatic carbocycles. The minimum Gasteiger partial charge on any atom is -0.342 e. The molecule has 0 saturated carbocycles. The number of carbonyl (C=O) groups excluding carboxylic acids is 1. The van der Waals surface area contributed by atoms with Gasteiger partial charge in [-0.2, -0.15) is 5.10 Å². The molecule has 0 bridgehead atoms. The number of likely N-dealkylation sites (tertiary alicyclic amines) is 1. The summed E-state index contributed by atoms with van der Waals surface area (Å²) in [4.78, 5) is 18.3. The molecule has 104 valence electrons. The lowest BCUT2D eigenvalue weighted by Crippen LogP contribution is -2.30. The summed E-state index contributed by atoms with van der Waals surface area (Å²) in [5.74, 6) is 0.563. The Labute approximate surface area is 118 Å². The second kappa shape index (κ2) is 5.45. The van der Waals surface area contributed by atoms with Gasteiger partial charge in [-0.3, -0.25) is 14.9 Å². The monoisotopic (exact) mass is 270 g/mol. The molecule has 1 amide bonds. The SMILES string of the molecule is Cc1cn[nH]c1C1CCN(C(=O)Cc2cccnc2)C1. The lowest BCUT2D eigenvalue weighted by molar-refractivity contribution is -0.129. The average molecular weight is 270 g/mol. The van der Waals surface area contributed by atoms with Crippen LogP contribution in [0.3, 0.4) is 0 Å². The molecular formula is C15H18N4O. The number of carbonyl (C=O) groups is 1. The van der Waals surface area contributed by atoms with Crippen molar-refractivity contribution >= 4 is 5.91 Å². The standard InChI is InChI=1S/C15H18N4O/c1-11-8-17-18-15(11)13-4-6-19(10-13)14(20)7-12-3-2-5-16-9-12/h2-3,5,8-9,13H,4,6-7,10H2,1H3,(H,17,18). The van der Waals surface area contributed by atoms with E-state index in [9.17, 15) is 4.79 Å². The highest BCUT2D eigenvalue weighted by Crippen LogP contribution is 2.27. The van der Waals surface area contributed by atoms with Crippen molar-refractivity contribution < 1.29 is 4.79 Å². The summed E-state index contributed by atoms with van der Waals surface area (Å²) in [6.45, 7) is 3.66. The molecule has 1 unspecified atom stereocenters. The van der Waals surface area contributed by atoms with Crippen molar-refractivity contribution in [2.75, 3.05) is 13.1 Å². The van der Waals surface area contributed by atoms with Gasteiger partial charge < -0.3 is 4.90 Å². The lowest BCUT2D eigenvalue weighted by atomic mass is 10.0. The largest absolute Gasteiger partial charge is 0.342 e. The number of nitrogens with zero attached hydrogens (tertiary/aromatic N) is 3. The number of H-pyrrole nitrogens is 1. The van der Waals surface area contributed by atoms with Gasteiger partial charge in [0.25, 0.3) is 0 Å². The summed E-state index contributed by atoms with van der Waals surface area (Å²) in [5.41, 5.74) is 3.32. The zero-order valence-electron chi connectivity index (χ0n) is 11.5. The van der Waals surface area contributed by atoms with Gasteiger partial charge in [0.15, 0.2) is 0 Å². The number of amides is 1. The number of aromatic nitrogens is 3. The normalized spacial score (nSPS) is 18.4. The summed E-state index contributed by atoms with van der Waals surface area (Å²) in [5, 5.41) is 7.13. The lowest BCUT2D eigenvalue weighted by Gasteiger charge is -2.16. The highest BCUT2D eigenvalue weighted by molar-refractivity contribution is 5.79. The quantitative estimate of drug-likeness (QED) is 0.923. The van der Waals surface area contributed by atoms with Gasteiger partial charge >= 0.3 is 0 Å². The maximum Gasteiger partial charge on any atom is 0.227 e. The highest BCUT2D eigenvalue weighted by atomic mass is 16.2. The fourth-order valence-electron chi connectivity index (χ4n) is 2.78. The van der Waals surface area contributed by atoms with Crippen LogP contribution in [0.2, 0.25) is 0 Å². The van der Waals surface area contributed by atoms with Gasteiger partial charge in [-0.05, 0) is 30.5 Å². The molecule has 1 N–H and O–H groups in total. The molecule has 3 heterocycles. The van der Waals surface area contributed by atoms with Gasteiger partial charge in [0.1, 0.15) is 0 Å². The van der Waals surface area contributed by atoms with Gasteiger partial charge in [0, 0.05) is 37.1 Å². The molecule has 5 nitrogen and oxygen atoms in total. The van der Waals surface area contributed by atoms with E-state index in [2.05, 4.69) is 22.1 Å². The summed E-state index contributed by atoms with van der Waals surface area (Å²) >= 11 is 0. The zero-order valence-corrected chi connectivity index (χ0v) is 11.5. The molecule has 2 aromatic heterocycles. The summed E-state index contributed by atoms with van der Waals surface area (Å²) in [6.07, 6.45) is 6.76. The fourth-order valence-corrected chi connectivity index (χ4v) is 2.78. The first-order valence-electron chi connectivity index (χ1n) is 6.90. The summed E-state index contributed by atoms with van der Waals surface area (Å²) in [6, 6.07) is 3.81. The van der Waals surface area contributed by atoms with E-state index >= 15 is 0 Å². The van der Waals surface area contributed by atoms with E-state index in [-0.39, 0.29) is 5.91 Å². The van der Waals surface area contributed by atoms with E-state index in [0.717, 1.165) is 25.1 Å². The Balaban J connectivity index is 1.63. The maximum absolute atomic E-state index is 12.3. The fraction of sp³-hybridized carbons (Fsp3) is 0.400. The first-order valence-corrected chi connectivity index (χ1v) is 6.90. The Morgan fingerprint density at radius 3 is 3.10 bits per heavy atom. The number of hydrogen-bond acceptors (Lipinski definition) is 3. The minimum absolute atomic E-state index is 0.178. The zero-order chi connectivity index (χ0) is 13.9. The molecule has 20 heavy (non-hydrogen) atoms. The Morgan fingerprint density at radius 1 is 1.50 bits per heavy atom. The number of pyridine rings is 1. The minimum atomic E-state index is 0.178. The van der Waals surface area contributed by atoms with Crippen LogP contribution in [0.25, 0.3) is 0 Å². The summed E-state index contributed by atoms with van der Waals surface area (Å²) < 4.78 is 0. The number of aromatic amines is 1. The van der Waals surface area contributed by atoms with Gasteiger partial charge in [-0.1, -0.05) is 6.07 Å². The van der Waals surface area contributed by atoms with E-state index in [1.165, 1.54) is 11.3 Å². The molecule has 3 rings (SSSR count). The molecule has 2 aromatic rings. The first kappa shape index (κ1) is 12.8. The van der Waals surface area contributed by atoms with Crippen molar-refractivity contribution in [2.45, 2.75) is 25.7 Å². The predicted molar refractivity (Wildman–Crippen MR) is 75.2 cm³/mol. The van der Waals surface area contributed by atoms with Crippen LogP contribution in [0.4, 0.5) is 0 Å². The Bertz CT molecular complexity index is 593. The molecule has 1 aliphatic rings.